The van der Waals surface area contributed by atoms with Gasteiger partial charge in [0.15, 0.2) is 11.6 Å². The molecule has 0 aliphatic heterocycles. The van der Waals surface area contributed by atoms with E-state index in [-0.39, 0.29) is 25.6 Å². The molecule has 0 heterocycles. The minimum Gasteiger partial charge on any atom is -0.488 e. The van der Waals surface area contributed by atoms with E-state index < -0.39 is 34.3 Å². The second kappa shape index (κ2) is 11.3. The van der Waals surface area contributed by atoms with Gasteiger partial charge in [-0.05, 0) is 61.0 Å². The zero-order valence-electron chi connectivity index (χ0n) is 18.6. The number of carbonyl (C=O) groups excluding carboxylic acids is 1. The number of nitrogens with zero attached hydrogens (tertiary/aromatic N) is 1. The van der Waals surface area contributed by atoms with Crippen LogP contribution in [0.15, 0.2) is 53.7 Å². The molecule has 186 valence electrons. The molecule has 0 atom stereocenters. The highest BCUT2D eigenvalue weighted by Gasteiger charge is 2.35. The average molecular weight is 514 g/mol. The summed E-state index contributed by atoms with van der Waals surface area (Å²) < 4.78 is 69.3. The molecule has 11 heteroatoms. The van der Waals surface area contributed by atoms with Gasteiger partial charge in [0.05, 0.1) is 22.9 Å². The number of carbonyl (C=O) groups is 1. The van der Waals surface area contributed by atoms with Gasteiger partial charge < -0.3 is 19.0 Å². The Morgan fingerprint density at radius 3 is 2.37 bits per heavy atom. The van der Waals surface area contributed by atoms with Gasteiger partial charge in [-0.1, -0.05) is 28.9 Å². The van der Waals surface area contributed by atoms with Gasteiger partial charge in [-0.2, -0.15) is 13.2 Å². The van der Waals surface area contributed by atoms with Crippen molar-refractivity contribution >= 4 is 34.1 Å². The predicted molar refractivity (Wildman–Crippen MR) is 122 cm³/mol. The highest BCUT2D eigenvalue weighted by molar-refractivity contribution is 6.33. The minimum atomic E-state index is -4.76. The molecule has 0 amide bonds. The van der Waals surface area contributed by atoms with Gasteiger partial charge in [0, 0.05) is 0 Å². The number of hydrogen-bond acceptors (Lipinski definition) is 6. The fourth-order valence-electron chi connectivity index (χ4n) is 2.93. The van der Waals surface area contributed by atoms with Crippen LogP contribution in [-0.2, 0) is 20.5 Å². The fourth-order valence-corrected chi connectivity index (χ4v) is 3.23. The normalized spacial score (nSPS) is 11.9. The molecule has 0 spiro atoms. The second-order valence-corrected chi connectivity index (χ2v) is 7.58. The molecule has 0 N–H and O–H groups in total. The number of rotatable bonds is 9. The van der Waals surface area contributed by atoms with E-state index in [1.54, 1.807) is 38.1 Å². The summed E-state index contributed by atoms with van der Waals surface area (Å²) in [6.07, 6.45) is -4.76. The van der Waals surface area contributed by atoms with Crippen LogP contribution >= 0.6 is 11.6 Å². The van der Waals surface area contributed by atoms with E-state index in [1.165, 1.54) is 12.1 Å². The zero-order chi connectivity index (χ0) is 25.6. The monoisotopic (exact) mass is 513 g/mol. The van der Waals surface area contributed by atoms with Crippen molar-refractivity contribution in [1.29, 1.82) is 0 Å². The Bertz CT molecular complexity index is 1250. The Labute approximate surface area is 203 Å². The number of alkyl halides is 3. The molecule has 0 saturated carbocycles. The van der Waals surface area contributed by atoms with Crippen molar-refractivity contribution in [3.63, 3.8) is 0 Å². The smallest absolute Gasteiger partial charge is 0.417 e. The van der Waals surface area contributed by atoms with E-state index in [2.05, 4.69) is 5.16 Å². The third-order valence-corrected chi connectivity index (χ3v) is 4.89. The SMILES string of the molecule is CCOC(=O)CON=C(C)COc1ccc2ccc(Oc3c(F)ccc(C(F)(F)F)c3Cl)cc2c1. The van der Waals surface area contributed by atoms with Crippen LogP contribution in [0.25, 0.3) is 10.8 Å². The largest absolute Gasteiger partial charge is 0.488 e. The predicted octanol–water partition coefficient (Wildman–Crippen LogP) is 6.78. The molecule has 0 fully saturated rings. The van der Waals surface area contributed by atoms with E-state index in [4.69, 9.17) is 30.6 Å². The highest BCUT2D eigenvalue weighted by atomic mass is 35.5. The van der Waals surface area contributed by atoms with Gasteiger partial charge in [0.1, 0.15) is 18.1 Å². The number of ether oxygens (including phenoxy) is 3. The molecular formula is C24H20ClF4NO5. The number of esters is 1. The van der Waals surface area contributed by atoms with Gasteiger partial charge in [-0.15, -0.1) is 0 Å². The summed E-state index contributed by atoms with van der Waals surface area (Å²) in [6, 6.07) is 11.0. The lowest BCUT2D eigenvalue weighted by Gasteiger charge is -2.14. The van der Waals surface area contributed by atoms with Crippen LogP contribution in [0.2, 0.25) is 5.02 Å². The quantitative estimate of drug-likeness (QED) is 0.137. The third kappa shape index (κ3) is 6.98. The van der Waals surface area contributed by atoms with Crippen molar-refractivity contribution in [1.82, 2.24) is 0 Å². The van der Waals surface area contributed by atoms with E-state index in [9.17, 15) is 22.4 Å². The summed E-state index contributed by atoms with van der Waals surface area (Å²) in [6.45, 7) is 3.31. The average Bonchev–Trinajstić information content (AvgIpc) is 2.79. The van der Waals surface area contributed by atoms with Crippen molar-refractivity contribution in [3.05, 3.63) is 64.9 Å². The summed E-state index contributed by atoms with van der Waals surface area (Å²) in [7, 11) is 0. The highest BCUT2D eigenvalue weighted by Crippen LogP contribution is 2.42. The second-order valence-electron chi connectivity index (χ2n) is 7.20. The first-order chi connectivity index (χ1) is 16.6. The van der Waals surface area contributed by atoms with Crippen molar-refractivity contribution < 1.29 is 41.4 Å². The van der Waals surface area contributed by atoms with E-state index in [1.807, 2.05) is 0 Å². The first-order valence-electron chi connectivity index (χ1n) is 10.3. The minimum absolute atomic E-state index is 0.0651. The summed E-state index contributed by atoms with van der Waals surface area (Å²) in [5.74, 6) is -1.75. The third-order valence-electron chi connectivity index (χ3n) is 4.51. The Morgan fingerprint density at radius 2 is 1.69 bits per heavy atom. The first-order valence-corrected chi connectivity index (χ1v) is 10.7. The maximum atomic E-state index is 14.2. The number of halogens is 5. The van der Waals surface area contributed by atoms with Crippen LogP contribution in [0.3, 0.4) is 0 Å². The van der Waals surface area contributed by atoms with Crippen molar-refractivity contribution in [2.24, 2.45) is 5.16 Å². The van der Waals surface area contributed by atoms with Crippen LogP contribution in [0, 0.1) is 5.82 Å². The summed E-state index contributed by atoms with van der Waals surface area (Å²) in [5.41, 5.74) is -0.739. The standard InChI is InChI=1S/C24H20ClF4NO5/c1-3-32-21(31)13-34-30-14(2)12-33-17-6-4-15-5-7-18(11-16(15)10-17)35-23-20(26)9-8-19(22(23)25)24(27,28)29/h4-11H,3,12-13H2,1-2H3. The molecule has 0 aliphatic carbocycles. The molecule has 3 aromatic rings. The van der Waals surface area contributed by atoms with Crippen molar-refractivity contribution in [2.75, 3.05) is 19.8 Å². The fraction of sp³-hybridized carbons (Fsp3) is 0.250. The van der Waals surface area contributed by atoms with Crippen LogP contribution in [0.1, 0.15) is 19.4 Å². The zero-order valence-corrected chi connectivity index (χ0v) is 19.4. The molecule has 0 radical (unpaired) electrons. The van der Waals surface area contributed by atoms with Crippen molar-refractivity contribution in [2.45, 2.75) is 20.0 Å². The molecule has 0 unspecified atom stereocenters. The number of benzene rings is 3. The molecule has 6 nitrogen and oxygen atoms in total. The Hall–Kier alpha value is -3.53. The molecule has 0 aromatic heterocycles. The summed E-state index contributed by atoms with van der Waals surface area (Å²) in [4.78, 5) is 16.1. The Balaban J connectivity index is 1.73. The lowest BCUT2D eigenvalue weighted by Crippen LogP contribution is -2.13. The van der Waals surface area contributed by atoms with Crippen LogP contribution < -0.4 is 9.47 Å². The lowest BCUT2D eigenvalue weighted by atomic mass is 10.1. The van der Waals surface area contributed by atoms with E-state index >= 15 is 0 Å². The number of oxime groups is 1. The molecule has 3 rings (SSSR count). The Kier molecular flexibility index (Phi) is 8.39. The maximum Gasteiger partial charge on any atom is 0.417 e. The number of fused-ring (bicyclic) bond motifs is 1. The van der Waals surface area contributed by atoms with Gasteiger partial charge >= 0.3 is 12.1 Å². The molecule has 0 aliphatic rings. The molecule has 0 saturated heterocycles. The van der Waals surface area contributed by atoms with E-state index in [0.29, 0.717) is 29.0 Å². The van der Waals surface area contributed by atoms with Crippen molar-refractivity contribution in [3.8, 4) is 17.2 Å². The van der Waals surface area contributed by atoms with Gasteiger partial charge in [0.25, 0.3) is 0 Å². The Morgan fingerprint density at radius 1 is 1.00 bits per heavy atom. The van der Waals surface area contributed by atoms with Crippen LogP contribution in [-0.4, -0.2) is 31.5 Å². The van der Waals surface area contributed by atoms with Crippen LogP contribution in [0.5, 0.6) is 17.2 Å². The molecular weight excluding hydrogens is 494 g/mol. The van der Waals surface area contributed by atoms with Crippen LogP contribution in [0.4, 0.5) is 17.6 Å². The molecule has 0 bridgehead atoms. The number of hydrogen-bond donors (Lipinski definition) is 0. The topological polar surface area (TPSA) is 66.4 Å². The molecule has 3 aromatic carbocycles. The summed E-state index contributed by atoms with van der Waals surface area (Å²) in [5, 5.41) is 4.31. The van der Waals surface area contributed by atoms with Gasteiger partial charge in [0.2, 0.25) is 6.61 Å². The maximum absolute atomic E-state index is 14.2. The van der Waals surface area contributed by atoms with Gasteiger partial charge in [-0.3, -0.25) is 0 Å². The first kappa shape index (κ1) is 26.1. The van der Waals surface area contributed by atoms with E-state index in [0.717, 1.165) is 5.39 Å². The van der Waals surface area contributed by atoms with Gasteiger partial charge in [-0.25, -0.2) is 9.18 Å². The summed E-state index contributed by atoms with van der Waals surface area (Å²) >= 11 is 5.78. The molecule has 35 heavy (non-hydrogen) atoms. The lowest BCUT2D eigenvalue weighted by molar-refractivity contribution is -0.148.